The van der Waals surface area contributed by atoms with E-state index in [9.17, 15) is 8.78 Å². The average molecular weight is 394 g/mol. The van der Waals surface area contributed by atoms with Crippen LogP contribution in [0.3, 0.4) is 0 Å². The van der Waals surface area contributed by atoms with Gasteiger partial charge >= 0.3 is 0 Å². The molecular weight excluding hydrogens is 381 g/mol. The predicted octanol–water partition coefficient (Wildman–Crippen LogP) is 5.69. The second kappa shape index (κ2) is 7.08. The summed E-state index contributed by atoms with van der Waals surface area (Å²) in [5.41, 5.74) is 0.592. The standard InChI is InChI=1S/C16H13BrCl2F2/c17-13-7-11(5-6-15(13)21)8-16(9-18,10-19)12-3-1-2-4-14(12)20/h1-7H,8-10H2. The molecule has 0 fully saturated rings. The first-order valence-corrected chi connectivity index (χ1v) is 8.19. The fourth-order valence-corrected chi connectivity index (χ4v) is 3.49. The van der Waals surface area contributed by atoms with Gasteiger partial charge in [-0.15, -0.1) is 23.2 Å². The van der Waals surface area contributed by atoms with Crippen molar-refractivity contribution >= 4 is 39.1 Å². The minimum atomic E-state index is -0.730. The van der Waals surface area contributed by atoms with Crippen LogP contribution < -0.4 is 0 Å². The molecule has 2 rings (SSSR count). The van der Waals surface area contributed by atoms with Crippen LogP contribution in [0.5, 0.6) is 0 Å². The van der Waals surface area contributed by atoms with Crippen LogP contribution in [0.2, 0.25) is 0 Å². The van der Waals surface area contributed by atoms with E-state index in [1.54, 1.807) is 30.3 Å². The highest BCUT2D eigenvalue weighted by molar-refractivity contribution is 9.10. The highest BCUT2D eigenvalue weighted by Gasteiger charge is 2.33. The highest BCUT2D eigenvalue weighted by Crippen LogP contribution is 2.34. The Hall–Kier alpha value is -0.640. The van der Waals surface area contributed by atoms with Crippen LogP contribution in [0.1, 0.15) is 11.1 Å². The van der Waals surface area contributed by atoms with Gasteiger partial charge in [-0.3, -0.25) is 0 Å². The number of benzene rings is 2. The van der Waals surface area contributed by atoms with E-state index in [2.05, 4.69) is 15.9 Å². The van der Waals surface area contributed by atoms with Gasteiger partial charge in [0.15, 0.2) is 0 Å². The first kappa shape index (κ1) is 16.7. The Morgan fingerprint density at radius 2 is 1.62 bits per heavy atom. The molecule has 0 saturated carbocycles. The maximum Gasteiger partial charge on any atom is 0.137 e. The maximum absolute atomic E-state index is 14.1. The molecule has 0 saturated heterocycles. The van der Waals surface area contributed by atoms with E-state index >= 15 is 0 Å². The smallest absolute Gasteiger partial charge is 0.137 e. The maximum atomic E-state index is 14.1. The van der Waals surface area contributed by atoms with Crippen LogP contribution >= 0.6 is 39.1 Å². The summed E-state index contributed by atoms with van der Waals surface area (Å²) in [5, 5.41) is 0. The third kappa shape index (κ3) is 3.58. The molecule has 0 bridgehead atoms. The quantitative estimate of drug-likeness (QED) is 0.572. The summed E-state index contributed by atoms with van der Waals surface area (Å²) in [7, 11) is 0. The molecule has 0 amide bonds. The van der Waals surface area contributed by atoms with Crippen LogP contribution in [0.25, 0.3) is 0 Å². The zero-order valence-electron chi connectivity index (χ0n) is 11.1. The molecule has 0 aliphatic rings. The number of hydrogen-bond acceptors (Lipinski definition) is 0. The fourth-order valence-electron chi connectivity index (χ4n) is 2.30. The Morgan fingerprint density at radius 3 is 2.19 bits per heavy atom. The molecule has 0 aliphatic carbocycles. The van der Waals surface area contributed by atoms with E-state index in [4.69, 9.17) is 23.2 Å². The van der Waals surface area contributed by atoms with Crippen molar-refractivity contribution in [2.75, 3.05) is 11.8 Å². The van der Waals surface area contributed by atoms with E-state index in [0.717, 1.165) is 5.56 Å². The average Bonchev–Trinajstić information content (AvgIpc) is 2.49. The second-order valence-corrected chi connectivity index (χ2v) is 6.34. The summed E-state index contributed by atoms with van der Waals surface area (Å²) in [6.07, 6.45) is 0.430. The molecule has 0 aliphatic heterocycles. The first-order valence-electron chi connectivity index (χ1n) is 6.33. The molecule has 21 heavy (non-hydrogen) atoms. The Bertz CT molecular complexity index is 627. The molecule has 0 spiro atoms. The van der Waals surface area contributed by atoms with Gasteiger partial charge in [-0.25, -0.2) is 8.78 Å². The summed E-state index contributed by atoms with van der Waals surface area (Å²) in [6, 6.07) is 11.2. The molecule has 0 radical (unpaired) electrons. The third-order valence-corrected chi connectivity index (χ3v) is 5.11. The Labute approximate surface area is 141 Å². The predicted molar refractivity (Wildman–Crippen MR) is 87.3 cm³/mol. The lowest BCUT2D eigenvalue weighted by atomic mass is 9.78. The zero-order chi connectivity index (χ0) is 15.5. The fraction of sp³-hybridized carbons (Fsp3) is 0.250. The molecule has 2 aromatic rings. The van der Waals surface area contributed by atoms with Crippen LogP contribution in [0, 0.1) is 11.6 Å². The molecule has 0 unspecified atom stereocenters. The van der Waals surface area contributed by atoms with E-state index < -0.39 is 5.41 Å². The van der Waals surface area contributed by atoms with Crippen LogP contribution in [-0.2, 0) is 11.8 Å². The van der Waals surface area contributed by atoms with Crippen molar-refractivity contribution in [1.29, 1.82) is 0 Å². The Morgan fingerprint density at radius 1 is 0.952 bits per heavy atom. The summed E-state index contributed by atoms with van der Waals surface area (Å²) >= 11 is 15.4. The Balaban J connectivity index is 2.43. The summed E-state index contributed by atoms with van der Waals surface area (Å²) in [5.74, 6) is -0.328. The van der Waals surface area contributed by atoms with Crippen molar-refractivity contribution in [3.05, 3.63) is 69.7 Å². The number of halogens is 5. The Kier molecular flexibility index (Phi) is 5.64. The van der Waals surface area contributed by atoms with Gasteiger partial charge in [0.05, 0.1) is 4.47 Å². The molecule has 0 atom stereocenters. The minimum absolute atomic E-state index is 0.173. The van der Waals surface area contributed by atoms with Crippen molar-refractivity contribution in [1.82, 2.24) is 0 Å². The van der Waals surface area contributed by atoms with Crippen molar-refractivity contribution in [3.63, 3.8) is 0 Å². The van der Waals surface area contributed by atoms with Gasteiger partial charge in [0.25, 0.3) is 0 Å². The number of hydrogen-bond donors (Lipinski definition) is 0. The summed E-state index contributed by atoms with van der Waals surface area (Å²) < 4.78 is 27.8. The summed E-state index contributed by atoms with van der Waals surface area (Å²) in [6.45, 7) is 0. The molecular formula is C16H13BrCl2F2. The van der Waals surface area contributed by atoms with Crippen molar-refractivity contribution in [2.45, 2.75) is 11.8 Å². The van der Waals surface area contributed by atoms with Crippen molar-refractivity contribution < 1.29 is 8.78 Å². The van der Waals surface area contributed by atoms with Crippen LogP contribution in [0.4, 0.5) is 8.78 Å². The van der Waals surface area contributed by atoms with Gasteiger partial charge in [-0.2, -0.15) is 0 Å². The molecule has 0 aromatic heterocycles. The van der Waals surface area contributed by atoms with Crippen LogP contribution in [0.15, 0.2) is 46.9 Å². The van der Waals surface area contributed by atoms with Gasteiger partial charge in [0, 0.05) is 17.2 Å². The van der Waals surface area contributed by atoms with Crippen molar-refractivity contribution in [3.8, 4) is 0 Å². The summed E-state index contributed by atoms with van der Waals surface area (Å²) in [4.78, 5) is 0. The molecule has 5 heteroatoms. The molecule has 0 nitrogen and oxygen atoms in total. The third-order valence-electron chi connectivity index (χ3n) is 3.48. The molecule has 2 aromatic carbocycles. The number of alkyl halides is 2. The van der Waals surface area contributed by atoms with Gasteiger partial charge in [-0.05, 0) is 51.7 Å². The van der Waals surface area contributed by atoms with E-state index in [-0.39, 0.29) is 23.4 Å². The van der Waals surface area contributed by atoms with Crippen LogP contribution in [-0.4, -0.2) is 11.8 Å². The zero-order valence-corrected chi connectivity index (χ0v) is 14.2. The molecule has 112 valence electrons. The first-order chi connectivity index (χ1) is 10.0. The minimum Gasteiger partial charge on any atom is -0.207 e. The van der Waals surface area contributed by atoms with Gasteiger partial charge < -0.3 is 0 Å². The van der Waals surface area contributed by atoms with E-state index in [1.807, 2.05) is 0 Å². The SMILES string of the molecule is Fc1ccc(CC(CCl)(CCl)c2ccccc2F)cc1Br. The highest BCUT2D eigenvalue weighted by atomic mass is 79.9. The van der Waals surface area contributed by atoms with Gasteiger partial charge in [0.1, 0.15) is 11.6 Å². The number of rotatable bonds is 5. The van der Waals surface area contributed by atoms with E-state index in [0.29, 0.717) is 16.5 Å². The molecule has 0 N–H and O–H groups in total. The topological polar surface area (TPSA) is 0 Å². The monoisotopic (exact) mass is 392 g/mol. The lowest BCUT2D eigenvalue weighted by Crippen LogP contribution is -2.34. The van der Waals surface area contributed by atoms with Gasteiger partial charge in [-0.1, -0.05) is 24.3 Å². The lowest BCUT2D eigenvalue weighted by molar-refractivity contribution is 0.490. The lowest BCUT2D eigenvalue weighted by Gasteiger charge is -2.31. The largest absolute Gasteiger partial charge is 0.207 e. The second-order valence-electron chi connectivity index (χ2n) is 4.95. The van der Waals surface area contributed by atoms with E-state index in [1.165, 1.54) is 12.1 Å². The molecule has 0 heterocycles. The normalized spacial score (nSPS) is 11.7. The van der Waals surface area contributed by atoms with Gasteiger partial charge in [0.2, 0.25) is 0 Å². The van der Waals surface area contributed by atoms with Crippen molar-refractivity contribution in [2.24, 2.45) is 0 Å².